The van der Waals surface area contributed by atoms with Crippen LogP contribution in [0.3, 0.4) is 0 Å². The Hall–Kier alpha value is -0.750. The monoisotopic (exact) mass is 200 g/mol. The molecule has 0 amide bonds. The quantitative estimate of drug-likeness (QED) is 0.757. The topological polar surface area (TPSA) is 49.8 Å². The second kappa shape index (κ2) is 3.77. The summed E-state index contributed by atoms with van der Waals surface area (Å²) in [5, 5.41) is 9.58. The molecule has 0 saturated heterocycles. The number of nitrogens with zero attached hydrogens (tertiary/aromatic N) is 1. The average molecular weight is 201 g/mol. The molecule has 2 N–H and O–H groups in total. The summed E-state index contributed by atoms with van der Waals surface area (Å²) in [6.07, 6.45) is 0. The molecular weight excluding hydrogens is 195 g/mol. The van der Waals surface area contributed by atoms with Gasteiger partial charge in [-0.05, 0) is 12.1 Å². The van der Waals surface area contributed by atoms with Crippen LogP contribution < -0.4 is 5.73 Å². The smallest absolute Gasteiger partial charge is 0.101 e. The zero-order valence-electron chi connectivity index (χ0n) is 6.14. The molecule has 12 heavy (non-hydrogen) atoms. The van der Waals surface area contributed by atoms with Crippen LogP contribution in [0.4, 0.5) is 0 Å². The Morgan fingerprint density at radius 1 is 1.33 bits per heavy atom. The first kappa shape index (κ1) is 9.34. The molecule has 0 aliphatic rings. The predicted molar refractivity (Wildman–Crippen MR) is 49.1 cm³/mol. The van der Waals surface area contributed by atoms with E-state index in [0.717, 1.165) is 0 Å². The molecule has 0 atom stereocenters. The Morgan fingerprint density at radius 2 is 1.92 bits per heavy atom. The highest BCUT2D eigenvalue weighted by atomic mass is 35.5. The zero-order valence-corrected chi connectivity index (χ0v) is 7.65. The lowest BCUT2D eigenvalue weighted by Gasteiger charge is -2.04. The Labute approximate surface area is 80.5 Å². The molecule has 0 unspecified atom stereocenters. The predicted octanol–water partition coefficient (Wildman–Crippen LogP) is 2.32. The highest BCUT2D eigenvalue weighted by Crippen LogP contribution is 2.25. The van der Waals surface area contributed by atoms with E-state index in [4.69, 9.17) is 34.2 Å². The average Bonchev–Trinajstić information content (AvgIpc) is 2.08. The molecule has 0 spiro atoms. The summed E-state index contributed by atoms with van der Waals surface area (Å²) < 4.78 is 0. The van der Waals surface area contributed by atoms with Crippen molar-refractivity contribution in [2.24, 2.45) is 5.73 Å². The van der Waals surface area contributed by atoms with Crippen LogP contribution in [-0.4, -0.2) is 0 Å². The fourth-order valence-corrected chi connectivity index (χ4v) is 1.37. The molecule has 0 fully saturated rings. The van der Waals surface area contributed by atoms with Gasteiger partial charge in [0.1, 0.15) is 6.07 Å². The van der Waals surface area contributed by atoms with Crippen molar-refractivity contribution in [1.82, 2.24) is 0 Å². The van der Waals surface area contributed by atoms with Gasteiger partial charge in [0.15, 0.2) is 0 Å². The molecular formula is C8H6Cl2N2. The fourth-order valence-electron chi connectivity index (χ4n) is 0.914. The minimum atomic E-state index is 0.224. The molecule has 0 saturated carbocycles. The van der Waals surface area contributed by atoms with Gasteiger partial charge in [-0.15, -0.1) is 0 Å². The van der Waals surface area contributed by atoms with Gasteiger partial charge >= 0.3 is 0 Å². The van der Waals surface area contributed by atoms with Crippen molar-refractivity contribution in [3.8, 4) is 6.07 Å². The normalized spacial score (nSPS) is 9.50. The van der Waals surface area contributed by atoms with Gasteiger partial charge in [0.2, 0.25) is 0 Å². The number of nitriles is 1. The van der Waals surface area contributed by atoms with Crippen LogP contribution >= 0.6 is 23.2 Å². The van der Waals surface area contributed by atoms with Crippen molar-refractivity contribution in [1.29, 1.82) is 5.26 Å². The van der Waals surface area contributed by atoms with Gasteiger partial charge in [-0.3, -0.25) is 0 Å². The van der Waals surface area contributed by atoms with E-state index in [0.29, 0.717) is 21.2 Å². The van der Waals surface area contributed by atoms with Crippen LogP contribution in [0.15, 0.2) is 12.1 Å². The molecule has 0 aliphatic heterocycles. The summed E-state index contributed by atoms with van der Waals surface area (Å²) in [4.78, 5) is 0. The summed E-state index contributed by atoms with van der Waals surface area (Å²) in [7, 11) is 0. The van der Waals surface area contributed by atoms with Gasteiger partial charge in [0.25, 0.3) is 0 Å². The minimum absolute atomic E-state index is 0.224. The van der Waals surface area contributed by atoms with Crippen LogP contribution in [0.1, 0.15) is 11.1 Å². The minimum Gasteiger partial charge on any atom is -0.326 e. The number of nitrogens with two attached hydrogens (primary N) is 1. The van der Waals surface area contributed by atoms with Crippen LogP contribution in [0.2, 0.25) is 10.0 Å². The first-order valence-corrected chi connectivity index (χ1v) is 4.03. The lowest BCUT2D eigenvalue weighted by Crippen LogP contribution is -2.00. The van der Waals surface area contributed by atoms with Crippen LogP contribution in [0, 0.1) is 11.3 Å². The van der Waals surface area contributed by atoms with Crippen LogP contribution in [0.25, 0.3) is 0 Å². The largest absolute Gasteiger partial charge is 0.326 e. The molecule has 0 heterocycles. The summed E-state index contributed by atoms with van der Waals surface area (Å²) >= 11 is 11.5. The zero-order chi connectivity index (χ0) is 9.14. The number of benzene rings is 1. The molecule has 0 aromatic heterocycles. The van der Waals surface area contributed by atoms with E-state index < -0.39 is 0 Å². The third kappa shape index (κ3) is 1.54. The maximum atomic E-state index is 8.71. The number of rotatable bonds is 1. The van der Waals surface area contributed by atoms with Gasteiger partial charge in [-0.2, -0.15) is 5.26 Å². The number of hydrogen-bond acceptors (Lipinski definition) is 2. The third-order valence-corrected chi connectivity index (χ3v) is 2.19. The van der Waals surface area contributed by atoms with Gasteiger partial charge in [0.05, 0.1) is 10.6 Å². The lowest BCUT2D eigenvalue weighted by molar-refractivity contribution is 1.06. The van der Waals surface area contributed by atoms with E-state index in [1.807, 2.05) is 6.07 Å². The Bertz CT molecular complexity index is 342. The maximum absolute atomic E-state index is 8.71. The van der Waals surface area contributed by atoms with Crippen molar-refractivity contribution >= 4 is 23.2 Å². The second-order valence-electron chi connectivity index (χ2n) is 2.20. The summed E-state index contributed by atoms with van der Waals surface area (Å²) in [5.74, 6) is 0. The van der Waals surface area contributed by atoms with Crippen molar-refractivity contribution in [2.75, 3.05) is 0 Å². The summed E-state index contributed by atoms with van der Waals surface area (Å²) in [5.41, 5.74) is 6.37. The standard InChI is InChI=1S/C8H6Cl2N2/c9-7-1-2-8(10)6(4-12)5(7)3-11/h1-2H,3,11H2. The van der Waals surface area contributed by atoms with Gasteiger partial charge in [-0.25, -0.2) is 0 Å². The van der Waals surface area contributed by atoms with E-state index in [1.54, 1.807) is 12.1 Å². The van der Waals surface area contributed by atoms with Crippen molar-refractivity contribution < 1.29 is 0 Å². The van der Waals surface area contributed by atoms with E-state index in [9.17, 15) is 0 Å². The Kier molecular flexibility index (Phi) is 2.93. The number of halogens is 2. The molecule has 0 radical (unpaired) electrons. The van der Waals surface area contributed by atoms with Gasteiger partial charge in [0, 0.05) is 17.1 Å². The van der Waals surface area contributed by atoms with Crippen LogP contribution in [0.5, 0.6) is 0 Å². The molecule has 4 heteroatoms. The highest BCUT2D eigenvalue weighted by Gasteiger charge is 2.08. The van der Waals surface area contributed by atoms with Crippen molar-refractivity contribution in [3.05, 3.63) is 33.3 Å². The van der Waals surface area contributed by atoms with E-state index in [-0.39, 0.29) is 6.54 Å². The van der Waals surface area contributed by atoms with Crippen molar-refractivity contribution in [2.45, 2.75) is 6.54 Å². The maximum Gasteiger partial charge on any atom is 0.101 e. The van der Waals surface area contributed by atoms with Gasteiger partial charge < -0.3 is 5.73 Å². The molecule has 1 aromatic carbocycles. The SMILES string of the molecule is N#Cc1c(Cl)ccc(Cl)c1CN. The lowest BCUT2D eigenvalue weighted by atomic mass is 10.1. The van der Waals surface area contributed by atoms with Crippen LogP contribution in [-0.2, 0) is 6.54 Å². The Morgan fingerprint density at radius 3 is 2.33 bits per heavy atom. The molecule has 0 bridgehead atoms. The summed E-state index contributed by atoms with van der Waals surface area (Å²) in [6, 6.07) is 5.18. The van der Waals surface area contributed by atoms with Crippen molar-refractivity contribution in [3.63, 3.8) is 0 Å². The first-order chi connectivity index (χ1) is 5.70. The first-order valence-electron chi connectivity index (χ1n) is 3.27. The third-order valence-electron chi connectivity index (χ3n) is 1.52. The Balaban J connectivity index is 3.41. The number of hydrogen-bond donors (Lipinski definition) is 1. The fraction of sp³-hybridized carbons (Fsp3) is 0.125. The van der Waals surface area contributed by atoms with Gasteiger partial charge in [-0.1, -0.05) is 23.2 Å². The van der Waals surface area contributed by atoms with E-state index >= 15 is 0 Å². The summed E-state index contributed by atoms with van der Waals surface area (Å²) in [6.45, 7) is 0.224. The highest BCUT2D eigenvalue weighted by molar-refractivity contribution is 6.34. The molecule has 0 aliphatic carbocycles. The van der Waals surface area contributed by atoms with E-state index in [1.165, 1.54) is 0 Å². The molecule has 2 nitrogen and oxygen atoms in total. The molecule has 62 valence electrons. The molecule has 1 aromatic rings. The van der Waals surface area contributed by atoms with E-state index in [2.05, 4.69) is 0 Å². The second-order valence-corrected chi connectivity index (χ2v) is 3.01. The molecule has 1 rings (SSSR count).